The normalized spacial score (nSPS) is 24.0. The fraction of sp³-hybridized carbons (Fsp3) is 0.842. The van der Waals surface area contributed by atoms with Crippen molar-refractivity contribution in [2.75, 3.05) is 26.2 Å². The van der Waals surface area contributed by atoms with Crippen molar-refractivity contribution in [3.8, 4) is 0 Å². The molecule has 0 radical (unpaired) electrons. The van der Waals surface area contributed by atoms with Gasteiger partial charge in [0, 0.05) is 25.9 Å². The fourth-order valence-electron chi connectivity index (χ4n) is 3.57. The molecule has 27 heavy (non-hydrogen) atoms. The number of piperidine rings is 1. The minimum atomic E-state index is -1.23. The van der Waals surface area contributed by atoms with Gasteiger partial charge >= 0.3 is 12.1 Å². The van der Waals surface area contributed by atoms with Gasteiger partial charge in [-0.15, -0.1) is 0 Å². The van der Waals surface area contributed by atoms with E-state index in [0.717, 1.165) is 0 Å². The summed E-state index contributed by atoms with van der Waals surface area (Å²) in [4.78, 5) is 39.7. The zero-order valence-corrected chi connectivity index (χ0v) is 16.7. The lowest BCUT2D eigenvalue weighted by Gasteiger charge is -2.35. The number of amides is 2. The first-order chi connectivity index (χ1) is 12.6. The Labute approximate surface area is 160 Å². The number of alkyl halides is 1. The molecule has 2 rings (SSSR count). The molecule has 2 heterocycles. The number of halogens is 1. The summed E-state index contributed by atoms with van der Waals surface area (Å²) < 4.78 is 24.2. The van der Waals surface area contributed by atoms with Gasteiger partial charge in [0.1, 0.15) is 17.8 Å². The van der Waals surface area contributed by atoms with Crippen LogP contribution in [0.1, 0.15) is 53.4 Å². The molecule has 0 aromatic carbocycles. The maximum Gasteiger partial charge on any atom is 0.411 e. The van der Waals surface area contributed by atoms with Crippen LogP contribution in [-0.2, 0) is 19.1 Å². The third-order valence-electron chi connectivity index (χ3n) is 4.85. The maximum atomic E-state index is 14.0. The van der Waals surface area contributed by atoms with Gasteiger partial charge < -0.3 is 14.4 Å². The molecule has 0 aromatic heterocycles. The third-order valence-corrected chi connectivity index (χ3v) is 4.85. The second-order valence-electron chi connectivity index (χ2n) is 8.26. The SMILES string of the molecule is CCOC(=O)CC1CCN(C(=O)[C@@H]2C[C@H](F)CN2C(=O)OC(C)(C)C)CC1. The first kappa shape index (κ1) is 21.4. The van der Waals surface area contributed by atoms with Crippen LogP contribution < -0.4 is 0 Å². The lowest BCUT2D eigenvalue weighted by molar-refractivity contribution is -0.145. The van der Waals surface area contributed by atoms with E-state index in [2.05, 4.69) is 0 Å². The van der Waals surface area contributed by atoms with E-state index in [1.807, 2.05) is 0 Å². The summed E-state index contributed by atoms with van der Waals surface area (Å²) in [6, 6.07) is -0.823. The largest absolute Gasteiger partial charge is 0.466 e. The molecule has 2 atom stereocenters. The summed E-state index contributed by atoms with van der Waals surface area (Å²) in [6.07, 6.45) is -0.131. The highest BCUT2D eigenvalue weighted by molar-refractivity contribution is 5.86. The number of hydrogen-bond acceptors (Lipinski definition) is 5. The summed E-state index contributed by atoms with van der Waals surface area (Å²) in [5.74, 6) is -0.266. The van der Waals surface area contributed by atoms with Crippen molar-refractivity contribution >= 4 is 18.0 Å². The van der Waals surface area contributed by atoms with E-state index in [1.165, 1.54) is 4.90 Å². The molecule has 2 aliphatic rings. The van der Waals surface area contributed by atoms with Crippen LogP contribution in [0.3, 0.4) is 0 Å². The lowest BCUT2D eigenvalue weighted by atomic mass is 9.93. The number of likely N-dealkylation sites (tertiary alicyclic amines) is 2. The summed E-state index contributed by atoms with van der Waals surface area (Å²) in [5, 5.41) is 0. The molecule has 0 bridgehead atoms. The number of carbonyl (C=O) groups excluding carboxylic acids is 3. The van der Waals surface area contributed by atoms with Crippen LogP contribution in [0, 0.1) is 5.92 Å². The van der Waals surface area contributed by atoms with Crippen molar-refractivity contribution in [1.29, 1.82) is 0 Å². The van der Waals surface area contributed by atoms with Gasteiger partial charge in [0.2, 0.25) is 5.91 Å². The molecule has 8 heteroatoms. The van der Waals surface area contributed by atoms with Gasteiger partial charge in [0.05, 0.1) is 13.2 Å². The second-order valence-corrected chi connectivity index (χ2v) is 8.26. The average Bonchev–Trinajstić information content (AvgIpc) is 2.95. The van der Waals surface area contributed by atoms with Crippen molar-refractivity contribution < 1.29 is 28.2 Å². The van der Waals surface area contributed by atoms with Crippen molar-refractivity contribution in [3.05, 3.63) is 0 Å². The molecule has 0 saturated carbocycles. The van der Waals surface area contributed by atoms with Crippen molar-refractivity contribution in [1.82, 2.24) is 9.80 Å². The lowest BCUT2D eigenvalue weighted by Crippen LogP contribution is -2.51. The van der Waals surface area contributed by atoms with Gasteiger partial charge in [-0.2, -0.15) is 0 Å². The molecule has 0 aliphatic carbocycles. The number of hydrogen-bond donors (Lipinski definition) is 0. The molecule has 7 nitrogen and oxygen atoms in total. The first-order valence-corrected chi connectivity index (χ1v) is 9.68. The maximum absolute atomic E-state index is 14.0. The van der Waals surface area contributed by atoms with Crippen LogP contribution >= 0.6 is 0 Å². The monoisotopic (exact) mass is 386 g/mol. The van der Waals surface area contributed by atoms with Crippen molar-refractivity contribution in [2.45, 2.75) is 71.2 Å². The molecule has 0 spiro atoms. The zero-order chi connectivity index (χ0) is 20.2. The summed E-state index contributed by atoms with van der Waals surface area (Å²) in [6.45, 7) is 8.22. The van der Waals surface area contributed by atoms with E-state index in [0.29, 0.717) is 39.0 Å². The molecule has 0 unspecified atom stereocenters. The summed E-state index contributed by atoms with van der Waals surface area (Å²) >= 11 is 0. The number of rotatable bonds is 4. The smallest absolute Gasteiger partial charge is 0.411 e. The van der Waals surface area contributed by atoms with Crippen LogP contribution in [0.4, 0.5) is 9.18 Å². The topological polar surface area (TPSA) is 76.2 Å². The third kappa shape index (κ3) is 6.07. The molecular weight excluding hydrogens is 355 g/mol. The molecule has 2 fully saturated rings. The Morgan fingerprint density at radius 2 is 1.78 bits per heavy atom. The van der Waals surface area contributed by atoms with Crippen LogP contribution in [0.2, 0.25) is 0 Å². The molecule has 2 aliphatic heterocycles. The zero-order valence-electron chi connectivity index (χ0n) is 16.7. The Balaban J connectivity index is 1.92. The minimum absolute atomic E-state index is 0.000824. The van der Waals surface area contributed by atoms with E-state index in [1.54, 1.807) is 32.6 Å². The van der Waals surface area contributed by atoms with Crippen LogP contribution in [0.15, 0.2) is 0 Å². The number of ether oxygens (including phenoxy) is 2. The van der Waals surface area contributed by atoms with E-state index in [4.69, 9.17) is 9.47 Å². The van der Waals surface area contributed by atoms with Gasteiger partial charge in [-0.25, -0.2) is 9.18 Å². The predicted octanol–water partition coefficient (Wildman–Crippen LogP) is 2.53. The Kier molecular flexibility index (Phi) is 7.06. The summed E-state index contributed by atoms with van der Waals surface area (Å²) in [5.41, 5.74) is -0.704. The number of esters is 1. The molecule has 0 aromatic rings. The van der Waals surface area contributed by atoms with Crippen LogP contribution in [0.25, 0.3) is 0 Å². The Bertz CT molecular complexity index is 555. The number of carbonyl (C=O) groups is 3. The molecule has 2 amide bonds. The van der Waals surface area contributed by atoms with E-state index < -0.39 is 23.9 Å². The van der Waals surface area contributed by atoms with E-state index >= 15 is 0 Å². The highest BCUT2D eigenvalue weighted by Gasteiger charge is 2.43. The minimum Gasteiger partial charge on any atom is -0.466 e. The average molecular weight is 386 g/mol. The Hall–Kier alpha value is -1.86. The standard InChI is InChI=1S/C19H31FN2O5/c1-5-26-16(23)10-13-6-8-21(9-7-13)17(24)15-11-14(20)12-22(15)18(25)27-19(2,3)4/h13-15H,5-12H2,1-4H3/t14-,15-/m0/s1. The van der Waals surface area contributed by atoms with Gasteiger partial charge in [0.15, 0.2) is 0 Å². The number of nitrogens with zero attached hydrogens (tertiary/aromatic N) is 2. The second kappa shape index (κ2) is 8.89. The molecule has 0 N–H and O–H groups in total. The van der Waals surface area contributed by atoms with Crippen LogP contribution in [-0.4, -0.2) is 71.8 Å². The predicted molar refractivity (Wildman–Crippen MR) is 96.8 cm³/mol. The highest BCUT2D eigenvalue weighted by atomic mass is 19.1. The fourth-order valence-corrected chi connectivity index (χ4v) is 3.57. The van der Waals surface area contributed by atoms with Crippen molar-refractivity contribution in [3.63, 3.8) is 0 Å². The first-order valence-electron chi connectivity index (χ1n) is 9.68. The Morgan fingerprint density at radius 3 is 2.33 bits per heavy atom. The highest BCUT2D eigenvalue weighted by Crippen LogP contribution is 2.27. The molecular formula is C19H31FN2O5. The van der Waals surface area contributed by atoms with E-state index in [9.17, 15) is 18.8 Å². The van der Waals surface area contributed by atoms with Gasteiger partial charge in [0.25, 0.3) is 0 Å². The van der Waals surface area contributed by atoms with Crippen molar-refractivity contribution in [2.24, 2.45) is 5.92 Å². The van der Waals surface area contributed by atoms with Crippen LogP contribution in [0.5, 0.6) is 0 Å². The summed E-state index contributed by atoms with van der Waals surface area (Å²) in [7, 11) is 0. The Morgan fingerprint density at radius 1 is 1.15 bits per heavy atom. The molecule has 2 saturated heterocycles. The van der Waals surface area contributed by atoms with Gasteiger partial charge in [-0.05, 0) is 46.5 Å². The van der Waals surface area contributed by atoms with E-state index in [-0.39, 0.29) is 30.8 Å². The quantitative estimate of drug-likeness (QED) is 0.694. The van der Waals surface area contributed by atoms with Gasteiger partial charge in [-0.3, -0.25) is 14.5 Å². The molecule has 154 valence electrons. The van der Waals surface area contributed by atoms with Gasteiger partial charge in [-0.1, -0.05) is 0 Å².